The van der Waals surface area contributed by atoms with Gasteiger partial charge in [0.25, 0.3) is 0 Å². The summed E-state index contributed by atoms with van der Waals surface area (Å²) in [5, 5.41) is 11.2. The van der Waals surface area contributed by atoms with Crippen molar-refractivity contribution in [1.82, 2.24) is 15.2 Å². The molecule has 0 atom stereocenters. The third-order valence-corrected chi connectivity index (χ3v) is 6.01. The van der Waals surface area contributed by atoms with Crippen LogP contribution in [0.3, 0.4) is 0 Å². The van der Waals surface area contributed by atoms with Gasteiger partial charge < -0.3 is 11.1 Å². The molecule has 4 rings (SSSR count). The first-order chi connectivity index (χ1) is 15.8. The van der Waals surface area contributed by atoms with Crippen LogP contribution >= 0.6 is 0 Å². The molecule has 172 valence electrons. The quantitative estimate of drug-likeness (QED) is 0.516. The number of rotatable bonds is 6. The van der Waals surface area contributed by atoms with Crippen LogP contribution in [-0.4, -0.2) is 21.1 Å². The number of anilines is 2. The van der Waals surface area contributed by atoms with Crippen LogP contribution in [0.2, 0.25) is 0 Å². The largest absolute Gasteiger partial charge is 0.433 e. The highest BCUT2D eigenvalue weighted by Crippen LogP contribution is 2.37. The first-order valence-electron chi connectivity index (χ1n) is 10.8. The molecule has 3 N–H and O–H groups in total. The maximum absolute atomic E-state index is 12.6. The van der Waals surface area contributed by atoms with E-state index in [0.717, 1.165) is 43.5 Å². The zero-order valence-electron chi connectivity index (χ0n) is 17.8. The Labute approximate surface area is 189 Å². The van der Waals surface area contributed by atoms with E-state index in [9.17, 15) is 18.0 Å². The number of alkyl halides is 3. The highest BCUT2D eigenvalue weighted by molar-refractivity contribution is 5.74. The Morgan fingerprint density at radius 1 is 0.970 bits per heavy atom. The predicted molar refractivity (Wildman–Crippen MR) is 119 cm³/mol. The van der Waals surface area contributed by atoms with Crippen LogP contribution in [0.1, 0.15) is 49.3 Å². The molecule has 6 nitrogen and oxygen atoms in total. The highest BCUT2D eigenvalue weighted by atomic mass is 19.4. The van der Waals surface area contributed by atoms with Crippen molar-refractivity contribution in [2.75, 3.05) is 5.32 Å². The van der Waals surface area contributed by atoms with Gasteiger partial charge in [0, 0.05) is 12.0 Å². The number of benzene rings is 1. The van der Waals surface area contributed by atoms with Crippen molar-refractivity contribution < 1.29 is 18.0 Å². The van der Waals surface area contributed by atoms with Crippen LogP contribution < -0.4 is 11.1 Å². The molecule has 1 aromatic carbocycles. The molecule has 0 bridgehead atoms. The van der Waals surface area contributed by atoms with Gasteiger partial charge in [0.1, 0.15) is 5.69 Å². The van der Waals surface area contributed by atoms with Crippen molar-refractivity contribution in [3.05, 3.63) is 66.0 Å². The summed E-state index contributed by atoms with van der Waals surface area (Å²) in [6, 6.07) is 14.0. The number of nitrogens with zero attached hydrogens (tertiary/aromatic N) is 3. The molecule has 1 aliphatic rings. The van der Waals surface area contributed by atoms with Gasteiger partial charge >= 0.3 is 6.18 Å². The number of pyridine rings is 1. The Bertz CT molecular complexity index is 1080. The molecular weight excluding hydrogens is 431 g/mol. The third-order valence-electron chi connectivity index (χ3n) is 6.01. The summed E-state index contributed by atoms with van der Waals surface area (Å²) >= 11 is 0. The van der Waals surface area contributed by atoms with Crippen molar-refractivity contribution in [2.45, 2.75) is 44.2 Å². The molecule has 0 aliphatic heterocycles. The van der Waals surface area contributed by atoms with Crippen LogP contribution in [0, 0.1) is 5.92 Å². The number of halogens is 3. The molecule has 9 heteroatoms. The van der Waals surface area contributed by atoms with E-state index < -0.39 is 11.9 Å². The monoisotopic (exact) mass is 455 g/mol. The van der Waals surface area contributed by atoms with Crippen LogP contribution in [0.25, 0.3) is 11.3 Å². The minimum absolute atomic E-state index is 0.221. The zero-order valence-corrected chi connectivity index (χ0v) is 17.8. The average Bonchev–Trinajstić information content (AvgIpc) is 2.80. The van der Waals surface area contributed by atoms with Crippen LogP contribution in [-0.2, 0) is 11.0 Å². The number of carbonyl (C=O) groups is 1. The topological polar surface area (TPSA) is 93.8 Å². The minimum atomic E-state index is -4.47. The summed E-state index contributed by atoms with van der Waals surface area (Å²) in [5.74, 6) is 1.07. The Balaban J connectivity index is 1.36. The van der Waals surface area contributed by atoms with Gasteiger partial charge in [0.2, 0.25) is 5.91 Å². The summed E-state index contributed by atoms with van der Waals surface area (Å²) in [5.41, 5.74) is 7.66. The van der Waals surface area contributed by atoms with E-state index in [-0.39, 0.29) is 5.91 Å². The predicted octanol–water partition coefficient (Wildman–Crippen LogP) is 5.45. The fourth-order valence-corrected chi connectivity index (χ4v) is 4.25. The van der Waals surface area contributed by atoms with Gasteiger partial charge in [-0.2, -0.15) is 13.2 Å². The fraction of sp³-hybridized carbons (Fsp3) is 0.333. The molecule has 1 saturated carbocycles. The molecular formula is C24H24F3N5O. The van der Waals surface area contributed by atoms with Crippen molar-refractivity contribution in [3.63, 3.8) is 0 Å². The van der Waals surface area contributed by atoms with Crippen molar-refractivity contribution >= 4 is 17.4 Å². The molecule has 3 aromatic rings. The summed E-state index contributed by atoms with van der Waals surface area (Å²) in [6.07, 6.45) is 1.25. The van der Waals surface area contributed by atoms with Gasteiger partial charge in [-0.05, 0) is 67.3 Å². The van der Waals surface area contributed by atoms with E-state index in [1.54, 1.807) is 12.1 Å². The third kappa shape index (κ3) is 5.85. The number of primary amides is 1. The Hall–Kier alpha value is -3.49. The molecule has 2 heterocycles. The van der Waals surface area contributed by atoms with Crippen LogP contribution in [0.4, 0.5) is 24.7 Å². The number of hydrogen-bond acceptors (Lipinski definition) is 5. The maximum atomic E-state index is 12.6. The summed E-state index contributed by atoms with van der Waals surface area (Å²) in [4.78, 5) is 14.5. The standard InChI is InChI=1S/C24H24F3N5O/c25-24(26,27)21-11-9-19(14-29-21)30-23-12-10-20(31-32-23)18-7-5-17(6-8-18)16-3-1-15(2-4-16)13-22(28)33/h5-12,14-16H,1-4,13H2,(H2,28,33)(H,30,32). The van der Waals surface area contributed by atoms with E-state index in [0.29, 0.717) is 35.5 Å². The second-order valence-corrected chi connectivity index (χ2v) is 8.37. The SMILES string of the molecule is NC(=O)CC1CCC(c2ccc(-c3ccc(Nc4ccc(C(F)(F)F)nc4)nn3)cc2)CC1. The number of aromatic nitrogens is 3. The van der Waals surface area contributed by atoms with E-state index in [2.05, 4.69) is 32.6 Å². The van der Waals surface area contributed by atoms with Gasteiger partial charge in [-0.1, -0.05) is 24.3 Å². The lowest BCUT2D eigenvalue weighted by molar-refractivity contribution is -0.141. The first kappa shape index (κ1) is 22.7. The van der Waals surface area contributed by atoms with Crippen molar-refractivity contribution in [3.8, 4) is 11.3 Å². The lowest BCUT2D eigenvalue weighted by atomic mass is 9.77. The number of amides is 1. The molecule has 0 saturated heterocycles. The average molecular weight is 455 g/mol. The van der Waals surface area contributed by atoms with E-state index in [1.165, 1.54) is 11.6 Å². The molecule has 1 fully saturated rings. The fourth-order valence-electron chi connectivity index (χ4n) is 4.25. The molecule has 0 spiro atoms. The summed E-state index contributed by atoms with van der Waals surface area (Å²) in [7, 11) is 0. The molecule has 1 amide bonds. The maximum Gasteiger partial charge on any atom is 0.433 e. The molecule has 2 aromatic heterocycles. The first-order valence-corrected chi connectivity index (χ1v) is 10.8. The van der Waals surface area contributed by atoms with Crippen LogP contribution in [0.15, 0.2) is 54.7 Å². The minimum Gasteiger partial charge on any atom is -0.370 e. The zero-order chi connectivity index (χ0) is 23.4. The highest BCUT2D eigenvalue weighted by Gasteiger charge is 2.32. The lowest BCUT2D eigenvalue weighted by Gasteiger charge is -2.28. The number of nitrogens with two attached hydrogens (primary N) is 1. The van der Waals surface area contributed by atoms with Gasteiger partial charge in [0.15, 0.2) is 5.82 Å². The van der Waals surface area contributed by atoms with Gasteiger partial charge in [-0.15, -0.1) is 10.2 Å². The Morgan fingerprint density at radius 3 is 2.24 bits per heavy atom. The van der Waals surface area contributed by atoms with Gasteiger partial charge in [-0.3, -0.25) is 4.79 Å². The summed E-state index contributed by atoms with van der Waals surface area (Å²) < 4.78 is 37.9. The second kappa shape index (κ2) is 9.56. The number of nitrogens with one attached hydrogen (secondary N) is 1. The normalized spacial score (nSPS) is 18.6. The van der Waals surface area contributed by atoms with Crippen molar-refractivity contribution in [1.29, 1.82) is 0 Å². The number of hydrogen-bond donors (Lipinski definition) is 2. The molecule has 33 heavy (non-hydrogen) atoms. The Morgan fingerprint density at radius 2 is 1.70 bits per heavy atom. The number of carbonyl (C=O) groups excluding carboxylic acids is 1. The summed E-state index contributed by atoms with van der Waals surface area (Å²) in [6.45, 7) is 0. The molecule has 0 radical (unpaired) electrons. The van der Waals surface area contributed by atoms with E-state index in [1.807, 2.05) is 12.1 Å². The second-order valence-electron chi connectivity index (χ2n) is 8.37. The van der Waals surface area contributed by atoms with Crippen molar-refractivity contribution in [2.24, 2.45) is 11.7 Å². The van der Waals surface area contributed by atoms with Gasteiger partial charge in [-0.25, -0.2) is 4.98 Å². The Kier molecular flexibility index (Phi) is 6.57. The van der Waals surface area contributed by atoms with Gasteiger partial charge in [0.05, 0.1) is 17.6 Å². The smallest absolute Gasteiger partial charge is 0.370 e. The molecule has 0 unspecified atom stereocenters. The molecule has 1 aliphatic carbocycles. The lowest BCUT2D eigenvalue weighted by Crippen LogP contribution is -2.20. The van der Waals surface area contributed by atoms with E-state index >= 15 is 0 Å². The van der Waals surface area contributed by atoms with Crippen LogP contribution in [0.5, 0.6) is 0 Å². The van der Waals surface area contributed by atoms with E-state index in [4.69, 9.17) is 5.73 Å².